The Kier molecular flexibility index (Phi) is 5.27. The molecular weight excluding hydrogens is 298 g/mol. The highest BCUT2D eigenvalue weighted by atomic mass is 16.6. The number of nitrogen functional groups attached to an aromatic ring is 1. The number of para-hydroxylation sites is 1. The topological polar surface area (TPSA) is 110 Å². The second-order valence-corrected chi connectivity index (χ2v) is 4.93. The highest BCUT2D eigenvalue weighted by Crippen LogP contribution is 2.26. The predicted octanol–water partition coefficient (Wildman–Crippen LogP) is 1.81. The highest BCUT2D eigenvalue weighted by Gasteiger charge is 2.23. The van der Waals surface area contributed by atoms with E-state index in [9.17, 15) is 20.0 Å². The summed E-state index contributed by atoms with van der Waals surface area (Å²) in [5.74, 6) is -0.455. The summed E-state index contributed by atoms with van der Waals surface area (Å²) in [6.45, 7) is 0.172. The van der Waals surface area contributed by atoms with Crippen LogP contribution in [-0.4, -0.2) is 34.0 Å². The summed E-state index contributed by atoms with van der Waals surface area (Å²) in [5, 5.41) is 20.1. The number of nitro groups is 1. The average Bonchev–Trinajstić information content (AvgIpc) is 2.55. The van der Waals surface area contributed by atoms with Crippen LogP contribution in [0.25, 0.3) is 0 Å². The molecule has 2 aromatic rings. The molecule has 0 aliphatic carbocycles. The fourth-order valence-corrected chi connectivity index (χ4v) is 2.25. The number of hydrogen-bond donors (Lipinski definition) is 2. The lowest BCUT2D eigenvalue weighted by Gasteiger charge is -2.22. The predicted molar refractivity (Wildman–Crippen MR) is 85.8 cm³/mol. The number of aliphatic hydroxyl groups is 1. The molecule has 0 aromatic heterocycles. The zero-order valence-corrected chi connectivity index (χ0v) is 12.4. The van der Waals surface area contributed by atoms with Gasteiger partial charge in [-0.15, -0.1) is 0 Å². The van der Waals surface area contributed by atoms with E-state index in [-0.39, 0.29) is 36.6 Å². The first-order valence-corrected chi connectivity index (χ1v) is 7.01. The van der Waals surface area contributed by atoms with Crippen LogP contribution in [0.1, 0.15) is 15.9 Å². The molecule has 0 unspecified atom stereocenters. The summed E-state index contributed by atoms with van der Waals surface area (Å²) in [6.07, 6.45) is 0. The Morgan fingerprint density at radius 3 is 2.48 bits per heavy atom. The van der Waals surface area contributed by atoms with Crippen molar-refractivity contribution in [2.45, 2.75) is 6.54 Å². The molecule has 0 atom stereocenters. The van der Waals surface area contributed by atoms with Crippen molar-refractivity contribution in [3.05, 3.63) is 69.8 Å². The van der Waals surface area contributed by atoms with Gasteiger partial charge in [-0.1, -0.05) is 36.4 Å². The van der Waals surface area contributed by atoms with E-state index in [1.165, 1.54) is 23.1 Å². The van der Waals surface area contributed by atoms with Gasteiger partial charge >= 0.3 is 0 Å². The number of hydrogen-bond acceptors (Lipinski definition) is 5. The fraction of sp³-hybridized carbons (Fsp3) is 0.188. The van der Waals surface area contributed by atoms with Gasteiger partial charge in [0.2, 0.25) is 0 Å². The van der Waals surface area contributed by atoms with Gasteiger partial charge < -0.3 is 15.7 Å². The molecule has 7 heteroatoms. The van der Waals surface area contributed by atoms with Crippen molar-refractivity contribution < 1.29 is 14.8 Å². The third-order valence-corrected chi connectivity index (χ3v) is 3.38. The average molecular weight is 315 g/mol. The van der Waals surface area contributed by atoms with Crippen LogP contribution in [-0.2, 0) is 6.54 Å². The fourth-order valence-electron chi connectivity index (χ4n) is 2.25. The van der Waals surface area contributed by atoms with Gasteiger partial charge in [0.15, 0.2) is 0 Å². The number of nitro benzene ring substituents is 1. The number of amides is 1. The quantitative estimate of drug-likeness (QED) is 0.480. The van der Waals surface area contributed by atoms with Crippen LogP contribution in [0.3, 0.4) is 0 Å². The van der Waals surface area contributed by atoms with E-state index in [1.807, 2.05) is 30.3 Å². The van der Waals surface area contributed by atoms with Gasteiger partial charge in [-0.25, -0.2) is 0 Å². The summed E-state index contributed by atoms with van der Waals surface area (Å²) in [4.78, 5) is 24.4. The Balaban J connectivity index is 2.31. The Morgan fingerprint density at radius 1 is 1.17 bits per heavy atom. The molecule has 3 N–H and O–H groups in total. The maximum Gasteiger partial charge on any atom is 0.292 e. The lowest BCUT2D eigenvalue weighted by molar-refractivity contribution is -0.383. The molecule has 2 rings (SSSR count). The molecule has 120 valence electrons. The molecule has 2 aromatic carbocycles. The van der Waals surface area contributed by atoms with Crippen molar-refractivity contribution in [3.63, 3.8) is 0 Å². The molecule has 0 bridgehead atoms. The van der Waals surface area contributed by atoms with Gasteiger partial charge in [-0.05, 0) is 11.6 Å². The van der Waals surface area contributed by atoms with Crippen LogP contribution >= 0.6 is 0 Å². The smallest absolute Gasteiger partial charge is 0.292 e. The summed E-state index contributed by atoms with van der Waals surface area (Å²) >= 11 is 0. The second kappa shape index (κ2) is 7.37. The van der Waals surface area contributed by atoms with Crippen molar-refractivity contribution in [1.29, 1.82) is 0 Å². The molecule has 1 amide bonds. The zero-order valence-electron chi connectivity index (χ0n) is 12.4. The van der Waals surface area contributed by atoms with E-state index >= 15 is 0 Å². The molecule has 0 heterocycles. The molecule has 0 aliphatic heterocycles. The first-order valence-electron chi connectivity index (χ1n) is 7.01. The van der Waals surface area contributed by atoms with Crippen LogP contribution in [0, 0.1) is 10.1 Å². The maximum atomic E-state index is 12.6. The number of aliphatic hydroxyl groups excluding tert-OH is 1. The van der Waals surface area contributed by atoms with Crippen LogP contribution in [0.5, 0.6) is 0 Å². The maximum absolute atomic E-state index is 12.6. The summed E-state index contributed by atoms with van der Waals surface area (Å²) < 4.78 is 0. The molecule has 0 radical (unpaired) electrons. The van der Waals surface area contributed by atoms with E-state index < -0.39 is 10.8 Å². The molecule has 0 spiro atoms. The van der Waals surface area contributed by atoms with Gasteiger partial charge in [-0.2, -0.15) is 0 Å². The summed E-state index contributed by atoms with van der Waals surface area (Å²) in [5.41, 5.74) is 6.23. The molecule has 7 nitrogen and oxygen atoms in total. The largest absolute Gasteiger partial charge is 0.395 e. The Hall–Kier alpha value is -2.93. The second-order valence-electron chi connectivity index (χ2n) is 4.93. The third kappa shape index (κ3) is 3.83. The molecule has 0 fully saturated rings. The van der Waals surface area contributed by atoms with Gasteiger partial charge in [0.1, 0.15) is 5.69 Å². The number of nitrogens with zero attached hydrogens (tertiary/aromatic N) is 2. The third-order valence-electron chi connectivity index (χ3n) is 3.38. The van der Waals surface area contributed by atoms with Gasteiger partial charge in [0.25, 0.3) is 11.6 Å². The number of nitrogens with two attached hydrogens (primary N) is 1. The van der Waals surface area contributed by atoms with Crippen molar-refractivity contribution in [2.24, 2.45) is 0 Å². The van der Waals surface area contributed by atoms with Gasteiger partial charge in [0.05, 0.1) is 17.1 Å². The van der Waals surface area contributed by atoms with Crippen LogP contribution in [0.15, 0.2) is 48.5 Å². The lowest BCUT2D eigenvalue weighted by atomic mass is 10.1. The Bertz CT molecular complexity index is 704. The number of rotatable bonds is 6. The van der Waals surface area contributed by atoms with Crippen molar-refractivity contribution in [1.82, 2.24) is 4.90 Å². The molecule has 0 saturated carbocycles. The Morgan fingerprint density at radius 2 is 1.87 bits per heavy atom. The van der Waals surface area contributed by atoms with Gasteiger partial charge in [-0.3, -0.25) is 14.9 Å². The molecule has 0 aliphatic rings. The van der Waals surface area contributed by atoms with E-state index in [0.717, 1.165) is 5.56 Å². The minimum absolute atomic E-state index is 0.0589. The van der Waals surface area contributed by atoms with E-state index in [0.29, 0.717) is 0 Å². The summed E-state index contributed by atoms with van der Waals surface area (Å²) in [7, 11) is 0. The zero-order chi connectivity index (χ0) is 16.8. The molecule has 0 saturated heterocycles. The van der Waals surface area contributed by atoms with Gasteiger partial charge in [0, 0.05) is 19.2 Å². The molecular formula is C16H17N3O4. The SMILES string of the molecule is Nc1c(C(=O)N(CCO)Cc2ccccc2)cccc1[N+](=O)[O-]. The van der Waals surface area contributed by atoms with E-state index in [2.05, 4.69) is 0 Å². The first-order chi connectivity index (χ1) is 11.0. The summed E-state index contributed by atoms with van der Waals surface area (Å²) in [6, 6.07) is 13.4. The monoisotopic (exact) mass is 315 g/mol. The normalized spacial score (nSPS) is 10.3. The van der Waals surface area contributed by atoms with Crippen LogP contribution < -0.4 is 5.73 Å². The number of benzene rings is 2. The van der Waals surface area contributed by atoms with Crippen molar-refractivity contribution in [2.75, 3.05) is 18.9 Å². The van der Waals surface area contributed by atoms with E-state index in [1.54, 1.807) is 0 Å². The first kappa shape index (κ1) is 16.4. The minimum Gasteiger partial charge on any atom is -0.395 e. The Labute approximate surface area is 133 Å². The minimum atomic E-state index is -0.625. The standard InChI is InChI=1S/C16H17N3O4/c17-15-13(7-4-8-14(15)19(22)23)16(21)18(9-10-20)11-12-5-2-1-3-6-12/h1-8,20H,9-11,17H2. The van der Waals surface area contributed by atoms with Crippen molar-refractivity contribution in [3.8, 4) is 0 Å². The number of anilines is 1. The number of carbonyl (C=O) groups is 1. The van der Waals surface area contributed by atoms with E-state index in [4.69, 9.17) is 5.73 Å². The lowest BCUT2D eigenvalue weighted by Crippen LogP contribution is -2.33. The number of carbonyl (C=O) groups excluding carboxylic acids is 1. The highest BCUT2D eigenvalue weighted by molar-refractivity contribution is 6.01. The molecule has 23 heavy (non-hydrogen) atoms. The van der Waals surface area contributed by atoms with Crippen molar-refractivity contribution >= 4 is 17.3 Å². The van der Waals surface area contributed by atoms with Crippen LogP contribution in [0.4, 0.5) is 11.4 Å². The van der Waals surface area contributed by atoms with Crippen LogP contribution in [0.2, 0.25) is 0 Å².